The smallest absolute Gasteiger partial charge is 0.147 e. The molecule has 0 unspecified atom stereocenters. The minimum atomic E-state index is 0.363. The largest absolute Gasteiger partial charge is 0.485 e. The van der Waals surface area contributed by atoms with Crippen LogP contribution in [-0.4, -0.2) is 16.6 Å². The first kappa shape index (κ1) is 14.2. The van der Waals surface area contributed by atoms with Crippen LogP contribution in [0.25, 0.3) is 0 Å². The molecule has 6 heteroatoms. The molecule has 0 aliphatic heterocycles. The molecule has 102 valence electrons. The highest BCUT2D eigenvalue weighted by Crippen LogP contribution is 2.24. The summed E-state index contributed by atoms with van der Waals surface area (Å²) in [5.41, 5.74) is 1.01. The average Bonchev–Trinajstić information content (AvgIpc) is 2.70. The number of rotatable bonds is 5. The molecule has 0 atom stereocenters. The van der Waals surface area contributed by atoms with E-state index in [0.29, 0.717) is 23.3 Å². The predicted molar refractivity (Wildman–Crippen MR) is 76.8 cm³/mol. The molecule has 0 amide bonds. The van der Waals surface area contributed by atoms with Gasteiger partial charge in [-0.15, -0.1) is 0 Å². The Balaban J connectivity index is 2.12. The van der Waals surface area contributed by atoms with Gasteiger partial charge in [0, 0.05) is 24.2 Å². The molecule has 0 saturated heterocycles. The molecule has 2 rings (SSSR count). The molecule has 1 aromatic heterocycles. The Morgan fingerprint density at radius 1 is 1.37 bits per heavy atom. The maximum Gasteiger partial charge on any atom is 0.147 e. The molecule has 2 aromatic rings. The summed E-state index contributed by atoms with van der Waals surface area (Å²) in [5.74, 6) is 1.56. The lowest BCUT2D eigenvalue weighted by Gasteiger charge is -2.11. The number of imidazole rings is 1. The van der Waals surface area contributed by atoms with Crippen LogP contribution in [0.15, 0.2) is 24.4 Å². The molecule has 0 aliphatic rings. The zero-order valence-corrected chi connectivity index (χ0v) is 12.3. The van der Waals surface area contributed by atoms with Crippen molar-refractivity contribution in [1.29, 1.82) is 0 Å². The lowest BCUT2D eigenvalue weighted by atomic mass is 10.2. The van der Waals surface area contributed by atoms with Crippen molar-refractivity contribution in [3.05, 3.63) is 46.0 Å². The number of hydrogen-bond acceptors (Lipinski definition) is 3. The monoisotopic (exact) mass is 299 g/mol. The normalized spacial score (nSPS) is 10.7. The zero-order chi connectivity index (χ0) is 13.8. The van der Waals surface area contributed by atoms with Crippen molar-refractivity contribution in [2.24, 2.45) is 7.05 Å². The number of aromatic nitrogens is 2. The molecule has 0 saturated carbocycles. The lowest BCUT2D eigenvalue weighted by molar-refractivity contribution is 0.288. The molecule has 1 N–H and O–H groups in total. The van der Waals surface area contributed by atoms with Crippen molar-refractivity contribution < 1.29 is 4.74 Å². The van der Waals surface area contributed by atoms with Crippen LogP contribution in [0.3, 0.4) is 0 Å². The van der Waals surface area contributed by atoms with Gasteiger partial charge in [-0.1, -0.05) is 23.2 Å². The fourth-order valence-electron chi connectivity index (χ4n) is 1.72. The van der Waals surface area contributed by atoms with E-state index < -0.39 is 0 Å². The van der Waals surface area contributed by atoms with Gasteiger partial charge in [-0.25, -0.2) is 4.98 Å². The average molecular weight is 300 g/mol. The quantitative estimate of drug-likeness (QED) is 0.922. The topological polar surface area (TPSA) is 39.1 Å². The summed E-state index contributed by atoms with van der Waals surface area (Å²) in [6.07, 6.45) is 1.61. The van der Waals surface area contributed by atoms with Crippen LogP contribution < -0.4 is 10.1 Å². The summed E-state index contributed by atoms with van der Waals surface area (Å²) >= 11 is 11.9. The van der Waals surface area contributed by atoms with Crippen LogP contribution in [0, 0.1) is 0 Å². The van der Waals surface area contributed by atoms with Crippen LogP contribution in [0.2, 0.25) is 10.2 Å². The van der Waals surface area contributed by atoms with Gasteiger partial charge in [0.2, 0.25) is 0 Å². The fraction of sp³-hybridized carbons (Fsp3) is 0.308. The van der Waals surface area contributed by atoms with Crippen LogP contribution in [0.4, 0.5) is 0 Å². The molecule has 1 heterocycles. The Labute approximate surface area is 122 Å². The molecule has 0 bridgehead atoms. The molecule has 19 heavy (non-hydrogen) atoms. The van der Waals surface area contributed by atoms with E-state index in [1.165, 1.54) is 0 Å². The Bertz CT molecular complexity index is 569. The fourth-order valence-corrected chi connectivity index (χ4v) is 2.06. The van der Waals surface area contributed by atoms with Crippen molar-refractivity contribution in [1.82, 2.24) is 14.9 Å². The van der Waals surface area contributed by atoms with Crippen molar-refractivity contribution in [3.63, 3.8) is 0 Å². The second-order valence-corrected chi connectivity index (χ2v) is 4.95. The standard InChI is InChI=1S/C13H15Cl2N3O/c1-16-6-9-5-10(14)3-4-11(9)19-8-13-17-7-12(15)18(13)2/h3-5,7,16H,6,8H2,1-2H3. The van der Waals surface area contributed by atoms with Crippen LogP contribution in [-0.2, 0) is 20.2 Å². The first-order chi connectivity index (χ1) is 9.11. The van der Waals surface area contributed by atoms with Crippen molar-refractivity contribution in [2.75, 3.05) is 7.05 Å². The van der Waals surface area contributed by atoms with Gasteiger partial charge in [-0.05, 0) is 25.2 Å². The minimum Gasteiger partial charge on any atom is -0.485 e. The Kier molecular flexibility index (Phi) is 4.69. The number of hydrogen-bond donors (Lipinski definition) is 1. The third kappa shape index (κ3) is 3.41. The number of nitrogens with one attached hydrogen (secondary N) is 1. The number of benzene rings is 1. The van der Waals surface area contributed by atoms with E-state index in [2.05, 4.69) is 10.3 Å². The third-order valence-electron chi connectivity index (χ3n) is 2.77. The zero-order valence-electron chi connectivity index (χ0n) is 10.8. The van der Waals surface area contributed by atoms with Gasteiger partial charge in [0.25, 0.3) is 0 Å². The van der Waals surface area contributed by atoms with E-state index in [4.69, 9.17) is 27.9 Å². The molecular weight excluding hydrogens is 285 g/mol. The van der Waals surface area contributed by atoms with E-state index in [9.17, 15) is 0 Å². The lowest BCUT2D eigenvalue weighted by Crippen LogP contribution is -2.09. The van der Waals surface area contributed by atoms with Gasteiger partial charge in [-0.2, -0.15) is 0 Å². The molecule has 1 aromatic carbocycles. The first-order valence-corrected chi connectivity index (χ1v) is 6.59. The maximum absolute atomic E-state index is 5.98. The van der Waals surface area contributed by atoms with E-state index in [1.54, 1.807) is 16.8 Å². The second-order valence-electron chi connectivity index (χ2n) is 4.13. The number of ether oxygens (including phenoxy) is 1. The highest BCUT2D eigenvalue weighted by molar-refractivity contribution is 6.30. The molecule has 0 spiro atoms. The summed E-state index contributed by atoms with van der Waals surface area (Å²) < 4.78 is 7.57. The maximum atomic E-state index is 5.98. The first-order valence-electron chi connectivity index (χ1n) is 5.83. The van der Waals surface area contributed by atoms with E-state index >= 15 is 0 Å². The molecular formula is C13H15Cl2N3O. The van der Waals surface area contributed by atoms with Gasteiger partial charge < -0.3 is 14.6 Å². The SMILES string of the molecule is CNCc1cc(Cl)ccc1OCc1ncc(Cl)n1C. The summed E-state index contributed by atoms with van der Waals surface area (Å²) in [6, 6.07) is 5.56. The van der Waals surface area contributed by atoms with Crippen molar-refractivity contribution >= 4 is 23.2 Å². The van der Waals surface area contributed by atoms with Gasteiger partial charge in [0.1, 0.15) is 23.3 Å². The Hall–Kier alpha value is -1.23. The van der Waals surface area contributed by atoms with Gasteiger partial charge >= 0.3 is 0 Å². The van der Waals surface area contributed by atoms with Crippen molar-refractivity contribution in [2.45, 2.75) is 13.2 Å². The van der Waals surface area contributed by atoms with E-state index in [1.807, 2.05) is 26.2 Å². The van der Waals surface area contributed by atoms with Crippen LogP contribution >= 0.6 is 23.2 Å². The third-order valence-corrected chi connectivity index (χ3v) is 3.36. The highest BCUT2D eigenvalue weighted by Gasteiger charge is 2.08. The minimum absolute atomic E-state index is 0.363. The molecule has 0 aliphatic carbocycles. The van der Waals surface area contributed by atoms with Crippen LogP contribution in [0.5, 0.6) is 5.75 Å². The molecule has 4 nitrogen and oxygen atoms in total. The molecule has 0 radical (unpaired) electrons. The van der Waals surface area contributed by atoms with Crippen LogP contribution in [0.1, 0.15) is 11.4 Å². The Morgan fingerprint density at radius 2 is 2.16 bits per heavy atom. The summed E-state index contributed by atoms with van der Waals surface area (Å²) in [6.45, 7) is 1.05. The van der Waals surface area contributed by atoms with E-state index in [0.717, 1.165) is 17.1 Å². The number of nitrogens with zero attached hydrogens (tertiary/aromatic N) is 2. The second kappa shape index (κ2) is 6.28. The predicted octanol–water partition coefficient (Wildman–Crippen LogP) is 3.03. The summed E-state index contributed by atoms with van der Waals surface area (Å²) in [5, 5.41) is 4.37. The number of halogens is 2. The summed E-state index contributed by atoms with van der Waals surface area (Å²) in [7, 11) is 3.73. The van der Waals surface area contributed by atoms with Gasteiger partial charge in [-0.3, -0.25) is 0 Å². The Morgan fingerprint density at radius 3 is 2.79 bits per heavy atom. The summed E-state index contributed by atoms with van der Waals surface area (Å²) in [4.78, 5) is 4.19. The molecule has 0 fully saturated rings. The van der Waals surface area contributed by atoms with E-state index in [-0.39, 0.29) is 0 Å². The van der Waals surface area contributed by atoms with Gasteiger partial charge in [0.15, 0.2) is 0 Å². The van der Waals surface area contributed by atoms with Gasteiger partial charge in [0.05, 0.1) is 6.20 Å². The highest BCUT2D eigenvalue weighted by atomic mass is 35.5. The van der Waals surface area contributed by atoms with Crippen molar-refractivity contribution in [3.8, 4) is 5.75 Å².